The van der Waals surface area contributed by atoms with E-state index in [0.29, 0.717) is 36.7 Å². The Hall–Kier alpha value is -5.71. The summed E-state index contributed by atoms with van der Waals surface area (Å²) in [6.45, 7) is 6.86. The molecule has 7 aromatic rings. The van der Waals surface area contributed by atoms with E-state index in [0.717, 1.165) is 55.8 Å². The largest absolute Gasteiger partial charge is 0.465 e. The number of rotatable bonds is 8. The zero-order valence-electron chi connectivity index (χ0n) is 23.8. The normalized spacial score (nSPS) is 11.3. The lowest BCUT2D eigenvalue weighted by Crippen LogP contribution is -2.05. The number of tetrazole rings is 1. The van der Waals surface area contributed by atoms with Crippen LogP contribution in [0.2, 0.25) is 0 Å². The Labute approximate surface area is 246 Å². The number of benzene rings is 3. The molecule has 0 saturated carbocycles. The van der Waals surface area contributed by atoms with Gasteiger partial charge in [0.1, 0.15) is 0 Å². The van der Waals surface area contributed by atoms with Crippen molar-refractivity contribution in [3.63, 3.8) is 0 Å². The highest BCUT2D eigenvalue weighted by Gasteiger charge is 2.21. The van der Waals surface area contributed by atoms with Gasteiger partial charge in [0.25, 0.3) is 11.9 Å². The molecule has 0 atom stereocenters. The Morgan fingerprint density at radius 3 is 2.30 bits per heavy atom. The second-order valence-corrected chi connectivity index (χ2v) is 10.1. The van der Waals surface area contributed by atoms with Crippen LogP contribution in [0.1, 0.15) is 23.9 Å². The first kappa shape index (κ1) is 26.2. The van der Waals surface area contributed by atoms with Gasteiger partial charge in [-0.05, 0) is 66.9 Å². The fourth-order valence-corrected chi connectivity index (χ4v) is 5.31. The standard InChI is InChI=1S/C32H27N9O2/c1-4-42-32-34-27-11-7-10-26(31-35-29(38-43-31)23-16-19(2)33-20(3)17-23)28(27)41(32)18-21-12-14-22(15-13-21)24-8-5-6-9-25(24)30-36-39-40-37-30/h5-17H,4,18H2,1-3H3,(H,36,37,39,40). The highest BCUT2D eigenvalue weighted by Crippen LogP contribution is 2.34. The number of pyridine rings is 1. The van der Waals surface area contributed by atoms with E-state index in [1.165, 1.54) is 0 Å². The molecule has 212 valence electrons. The first-order chi connectivity index (χ1) is 21.1. The van der Waals surface area contributed by atoms with Crippen molar-refractivity contribution in [3.8, 4) is 51.4 Å². The summed E-state index contributed by atoms with van der Waals surface area (Å²) >= 11 is 0. The molecule has 0 unspecified atom stereocenters. The molecule has 43 heavy (non-hydrogen) atoms. The monoisotopic (exact) mass is 569 g/mol. The summed E-state index contributed by atoms with van der Waals surface area (Å²) in [5.41, 5.74) is 9.11. The van der Waals surface area contributed by atoms with Gasteiger partial charge in [-0.15, -0.1) is 10.2 Å². The fraction of sp³-hybridized carbons (Fsp3) is 0.156. The van der Waals surface area contributed by atoms with E-state index < -0.39 is 0 Å². The highest BCUT2D eigenvalue weighted by atomic mass is 16.5. The third-order valence-corrected chi connectivity index (χ3v) is 7.12. The van der Waals surface area contributed by atoms with Crippen molar-refractivity contribution in [2.45, 2.75) is 27.3 Å². The Morgan fingerprint density at radius 2 is 1.56 bits per heavy atom. The molecule has 4 aromatic heterocycles. The number of aryl methyl sites for hydroxylation is 2. The topological polar surface area (TPSA) is 133 Å². The minimum Gasteiger partial charge on any atom is -0.465 e. The van der Waals surface area contributed by atoms with Crippen LogP contribution < -0.4 is 4.74 Å². The molecule has 0 fully saturated rings. The SMILES string of the molecule is CCOc1nc2cccc(-c3nc(-c4cc(C)nc(C)c4)no3)c2n1Cc1ccc(-c2ccccc2-c2nn[nH]n2)cc1. The maximum absolute atomic E-state index is 5.99. The predicted molar refractivity (Wildman–Crippen MR) is 161 cm³/mol. The molecule has 3 aromatic carbocycles. The van der Waals surface area contributed by atoms with E-state index in [2.05, 4.69) is 65.7 Å². The Morgan fingerprint density at radius 1 is 0.791 bits per heavy atom. The van der Waals surface area contributed by atoms with Gasteiger partial charge in [-0.2, -0.15) is 15.2 Å². The van der Waals surface area contributed by atoms with Crippen LogP contribution >= 0.6 is 0 Å². The molecule has 7 rings (SSSR count). The average molecular weight is 570 g/mol. The summed E-state index contributed by atoms with van der Waals surface area (Å²) in [7, 11) is 0. The van der Waals surface area contributed by atoms with Gasteiger partial charge in [-0.25, -0.2) is 0 Å². The van der Waals surface area contributed by atoms with Crippen LogP contribution in [0, 0.1) is 13.8 Å². The second kappa shape index (κ2) is 10.9. The van der Waals surface area contributed by atoms with Crippen LogP contribution in [0.15, 0.2) is 83.4 Å². The summed E-state index contributed by atoms with van der Waals surface area (Å²) in [5, 5.41) is 18.9. The molecule has 0 saturated heterocycles. The smallest absolute Gasteiger partial charge is 0.297 e. The number of aromatic nitrogens is 9. The number of nitrogens with one attached hydrogen (secondary N) is 1. The van der Waals surface area contributed by atoms with Crippen molar-refractivity contribution in [3.05, 3.63) is 95.8 Å². The lowest BCUT2D eigenvalue weighted by atomic mass is 9.98. The number of hydrogen-bond donors (Lipinski definition) is 1. The molecule has 11 heteroatoms. The lowest BCUT2D eigenvalue weighted by Gasteiger charge is -2.12. The lowest BCUT2D eigenvalue weighted by molar-refractivity contribution is 0.301. The van der Waals surface area contributed by atoms with Gasteiger partial charge in [-0.3, -0.25) is 9.55 Å². The molecular formula is C32H27N9O2. The Kier molecular flexibility index (Phi) is 6.66. The summed E-state index contributed by atoms with van der Waals surface area (Å²) in [5.74, 6) is 1.47. The molecule has 0 aliphatic heterocycles. The molecule has 0 amide bonds. The van der Waals surface area contributed by atoms with Crippen LogP contribution in [0.5, 0.6) is 6.01 Å². The van der Waals surface area contributed by atoms with E-state index in [4.69, 9.17) is 19.2 Å². The first-order valence-corrected chi connectivity index (χ1v) is 13.9. The minimum absolute atomic E-state index is 0.408. The van der Waals surface area contributed by atoms with E-state index in [1.54, 1.807) is 0 Å². The van der Waals surface area contributed by atoms with Crippen molar-refractivity contribution in [1.29, 1.82) is 0 Å². The maximum Gasteiger partial charge on any atom is 0.297 e. The molecule has 0 bridgehead atoms. The number of hydrogen-bond acceptors (Lipinski definition) is 9. The third-order valence-electron chi connectivity index (χ3n) is 7.12. The summed E-state index contributed by atoms with van der Waals surface area (Å²) in [6, 6.07) is 26.7. The van der Waals surface area contributed by atoms with E-state index >= 15 is 0 Å². The van der Waals surface area contributed by atoms with Crippen molar-refractivity contribution in [1.82, 2.24) is 45.3 Å². The molecule has 0 aliphatic carbocycles. The minimum atomic E-state index is 0.408. The number of imidazole rings is 1. The molecule has 0 radical (unpaired) electrons. The first-order valence-electron chi connectivity index (χ1n) is 13.9. The molecular weight excluding hydrogens is 542 g/mol. The van der Waals surface area contributed by atoms with Gasteiger partial charge >= 0.3 is 0 Å². The number of fused-ring (bicyclic) bond motifs is 1. The van der Waals surface area contributed by atoms with Crippen molar-refractivity contribution >= 4 is 11.0 Å². The van der Waals surface area contributed by atoms with Gasteiger partial charge in [0.05, 0.1) is 29.7 Å². The summed E-state index contributed by atoms with van der Waals surface area (Å²) in [4.78, 5) is 14.0. The van der Waals surface area contributed by atoms with E-state index in [1.807, 2.05) is 69.3 Å². The number of ether oxygens (including phenoxy) is 1. The van der Waals surface area contributed by atoms with Crippen molar-refractivity contribution in [2.24, 2.45) is 0 Å². The van der Waals surface area contributed by atoms with Crippen LogP contribution in [-0.4, -0.2) is 51.9 Å². The van der Waals surface area contributed by atoms with Gasteiger partial charge < -0.3 is 9.26 Å². The van der Waals surface area contributed by atoms with Crippen LogP contribution in [-0.2, 0) is 6.54 Å². The fourth-order valence-electron chi connectivity index (χ4n) is 5.31. The second-order valence-electron chi connectivity index (χ2n) is 10.1. The number of nitrogens with zero attached hydrogens (tertiary/aromatic N) is 8. The summed E-state index contributed by atoms with van der Waals surface area (Å²) in [6.07, 6.45) is 0. The number of H-pyrrole nitrogens is 1. The molecule has 1 N–H and O–H groups in total. The van der Waals surface area contributed by atoms with Crippen LogP contribution in [0.3, 0.4) is 0 Å². The molecule has 11 nitrogen and oxygen atoms in total. The highest BCUT2D eigenvalue weighted by molar-refractivity contribution is 5.91. The third kappa shape index (κ3) is 5.01. The van der Waals surface area contributed by atoms with E-state index in [9.17, 15) is 0 Å². The Balaban J connectivity index is 1.26. The maximum atomic E-state index is 5.99. The van der Waals surface area contributed by atoms with Crippen LogP contribution in [0.4, 0.5) is 0 Å². The zero-order valence-corrected chi connectivity index (χ0v) is 23.8. The quantitative estimate of drug-likeness (QED) is 0.232. The van der Waals surface area contributed by atoms with E-state index in [-0.39, 0.29) is 0 Å². The molecule has 0 aliphatic rings. The average Bonchev–Trinajstić information content (AvgIpc) is 3.79. The van der Waals surface area contributed by atoms with Crippen molar-refractivity contribution in [2.75, 3.05) is 6.61 Å². The predicted octanol–water partition coefficient (Wildman–Crippen LogP) is 6.06. The number of aromatic amines is 1. The van der Waals surface area contributed by atoms with Gasteiger partial charge in [0, 0.05) is 22.5 Å². The van der Waals surface area contributed by atoms with Gasteiger partial charge in [-0.1, -0.05) is 59.8 Å². The number of para-hydroxylation sites is 1. The molecule has 0 spiro atoms. The summed E-state index contributed by atoms with van der Waals surface area (Å²) < 4.78 is 13.8. The van der Waals surface area contributed by atoms with Gasteiger partial charge in [0.15, 0.2) is 0 Å². The molecule has 4 heterocycles. The Bertz CT molecular complexity index is 2020. The van der Waals surface area contributed by atoms with Crippen molar-refractivity contribution < 1.29 is 9.26 Å². The van der Waals surface area contributed by atoms with Gasteiger partial charge in [0.2, 0.25) is 11.6 Å². The van der Waals surface area contributed by atoms with Crippen LogP contribution in [0.25, 0.3) is 56.4 Å². The zero-order chi connectivity index (χ0) is 29.3.